The summed E-state index contributed by atoms with van der Waals surface area (Å²) in [5.74, 6) is 0.0747. The predicted octanol–water partition coefficient (Wildman–Crippen LogP) is 2.82. The fraction of sp³-hybridized carbons (Fsp3) is 0.650. The lowest BCUT2D eigenvalue weighted by atomic mass is 9.78. The predicted molar refractivity (Wildman–Crippen MR) is 93.5 cm³/mol. The van der Waals surface area contributed by atoms with Crippen molar-refractivity contribution >= 4 is 5.91 Å². The van der Waals surface area contributed by atoms with Gasteiger partial charge in [0.15, 0.2) is 0 Å². The van der Waals surface area contributed by atoms with Crippen molar-refractivity contribution in [3.05, 3.63) is 35.6 Å². The molecule has 3 fully saturated rings. The molecule has 4 rings (SSSR count). The summed E-state index contributed by atoms with van der Waals surface area (Å²) in [6.07, 6.45) is 5.22. The molecule has 0 unspecified atom stereocenters. The van der Waals surface area contributed by atoms with Gasteiger partial charge < -0.3 is 9.64 Å². The molecule has 0 saturated carbocycles. The zero-order valence-electron chi connectivity index (χ0n) is 14.8. The third kappa shape index (κ3) is 3.44. The topological polar surface area (TPSA) is 32.8 Å². The number of carbonyl (C=O) groups excluding carboxylic acids is 1. The number of amides is 1. The Balaban J connectivity index is 1.43. The summed E-state index contributed by atoms with van der Waals surface area (Å²) in [5, 5.41) is 0. The third-order valence-corrected chi connectivity index (χ3v) is 6.20. The molecule has 0 bridgehead atoms. The van der Waals surface area contributed by atoms with Crippen LogP contribution in [0.15, 0.2) is 24.3 Å². The summed E-state index contributed by atoms with van der Waals surface area (Å²) in [6, 6.07) is 7.09. The van der Waals surface area contributed by atoms with Gasteiger partial charge in [0.25, 0.3) is 0 Å². The summed E-state index contributed by atoms with van der Waals surface area (Å²) < 4.78 is 18.6. The number of carbonyl (C=O) groups is 1. The van der Waals surface area contributed by atoms with Crippen molar-refractivity contribution in [3.63, 3.8) is 0 Å². The molecule has 0 aliphatic carbocycles. The van der Waals surface area contributed by atoms with Gasteiger partial charge in [-0.15, -0.1) is 0 Å². The van der Waals surface area contributed by atoms with Crippen LogP contribution in [0.25, 0.3) is 0 Å². The van der Waals surface area contributed by atoms with Crippen LogP contribution in [0.5, 0.6) is 0 Å². The molecule has 3 aliphatic rings. The molecule has 3 saturated heterocycles. The Hall–Kier alpha value is -1.46. The number of nitrogens with zero attached hydrogens (tertiary/aromatic N) is 2. The van der Waals surface area contributed by atoms with Crippen molar-refractivity contribution < 1.29 is 13.9 Å². The SMILES string of the molecule is O=C1N(Cc2ccc(F)cc2)CCC[C@]12CCN(C1CCOCC1)C2. The lowest BCUT2D eigenvalue weighted by molar-refractivity contribution is -0.146. The van der Waals surface area contributed by atoms with Gasteiger partial charge >= 0.3 is 0 Å². The van der Waals surface area contributed by atoms with Gasteiger partial charge in [0.2, 0.25) is 5.91 Å². The molecule has 25 heavy (non-hydrogen) atoms. The van der Waals surface area contributed by atoms with E-state index in [2.05, 4.69) is 4.90 Å². The molecular weight excluding hydrogens is 319 g/mol. The molecule has 1 aromatic rings. The Labute approximate surface area is 148 Å². The van der Waals surface area contributed by atoms with Crippen LogP contribution in [0.1, 0.15) is 37.7 Å². The second-order valence-corrected chi connectivity index (χ2v) is 7.80. The molecule has 1 amide bonds. The second kappa shape index (κ2) is 7.04. The number of ether oxygens (including phenoxy) is 1. The van der Waals surface area contributed by atoms with Crippen LogP contribution in [0.2, 0.25) is 0 Å². The molecule has 0 aromatic heterocycles. The summed E-state index contributed by atoms with van der Waals surface area (Å²) >= 11 is 0. The minimum Gasteiger partial charge on any atom is -0.381 e. The van der Waals surface area contributed by atoms with Gasteiger partial charge in [-0.1, -0.05) is 12.1 Å². The van der Waals surface area contributed by atoms with E-state index in [4.69, 9.17) is 4.74 Å². The summed E-state index contributed by atoms with van der Waals surface area (Å²) in [4.78, 5) is 17.8. The number of halogens is 1. The highest BCUT2D eigenvalue weighted by Crippen LogP contribution is 2.41. The van der Waals surface area contributed by atoms with Crippen LogP contribution >= 0.6 is 0 Å². The van der Waals surface area contributed by atoms with E-state index in [0.717, 1.165) is 70.5 Å². The molecule has 1 atom stereocenters. The average Bonchev–Trinajstić information content (AvgIpc) is 3.07. The first-order valence-corrected chi connectivity index (χ1v) is 9.52. The smallest absolute Gasteiger partial charge is 0.230 e. The first-order chi connectivity index (χ1) is 12.2. The minimum absolute atomic E-state index is 0.198. The van der Waals surface area contributed by atoms with Gasteiger partial charge in [0.1, 0.15) is 5.82 Å². The fourth-order valence-electron chi connectivity index (χ4n) is 4.76. The van der Waals surface area contributed by atoms with Crippen molar-refractivity contribution in [3.8, 4) is 0 Å². The quantitative estimate of drug-likeness (QED) is 0.844. The number of hydrogen-bond donors (Lipinski definition) is 0. The third-order valence-electron chi connectivity index (χ3n) is 6.20. The van der Waals surface area contributed by atoms with Crippen LogP contribution in [0.4, 0.5) is 4.39 Å². The molecule has 0 radical (unpaired) electrons. The van der Waals surface area contributed by atoms with E-state index in [1.54, 1.807) is 12.1 Å². The van der Waals surface area contributed by atoms with Gasteiger partial charge in [-0.2, -0.15) is 0 Å². The van der Waals surface area contributed by atoms with E-state index >= 15 is 0 Å². The Bertz CT molecular complexity index is 615. The van der Waals surface area contributed by atoms with Crippen LogP contribution in [-0.2, 0) is 16.1 Å². The number of likely N-dealkylation sites (tertiary alicyclic amines) is 2. The van der Waals surface area contributed by atoms with Crippen LogP contribution in [0, 0.1) is 11.2 Å². The van der Waals surface area contributed by atoms with E-state index in [9.17, 15) is 9.18 Å². The van der Waals surface area contributed by atoms with E-state index < -0.39 is 0 Å². The second-order valence-electron chi connectivity index (χ2n) is 7.80. The zero-order chi connectivity index (χ0) is 17.3. The van der Waals surface area contributed by atoms with Gasteiger partial charge in [0.05, 0.1) is 5.41 Å². The van der Waals surface area contributed by atoms with Gasteiger partial charge in [-0.05, 0) is 56.3 Å². The number of rotatable bonds is 3. The number of hydrogen-bond acceptors (Lipinski definition) is 3. The van der Waals surface area contributed by atoms with E-state index in [-0.39, 0.29) is 11.2 Å². The van der Waals surface area contributed by atoms with E-state index in [1.807, 2.05) is 4.90 Å². The average molecular weight is 346 g/mol. The highest BCUT2D eigenvalue weighted by atomic mass is 19.1. The summed E-state index contributed by atoms with van der Waals surface area (Å²) in [7, 11) is 0. The molecule has 136 valence electrons. The van der Waals surface area contributed by atoms with Gasteiger partial charge in [-0.25, -0.2) is 4.39 Å². The Morgan fingerprint density at radius 1 is 1.12 bits per heavy atom. The Morgan fingerprint density at radius 3 is 2.64 bits per heavy atom. The van der Waals surface area contributed by atoms with E-state index in [0.29, 0.717) is 18.5 Å². The van der Waals surface area contributed by atoms with Gasteiger partial charge in [0, 0.05) is 38.9 Å². The van der Waals surface area contributed by atoms with Gasteiger partial charge in [-0.3, -0.25) is 9.69 Å². The lowest BCUT2D eigenvalue weighted by Gasteiger charge is -2.40. The maximum atomic E-state index is 13.2. The van der Waals surface area contributed by atoms with Crippen molar-refractivity contribution in [1.82, 2.24) is 9.80 Å². The van der Waals surface area contributed by atoms with Crippen molar-refractivity contribution in [2.45, 2.75) is 44.7 Å². The number of piperidine rings is 1. The monoisotopic (exact) mass is 346 g/mol. The highest BCUT2D eigenvalue weighted by molar-refractivity contribution is 5.84. The molecule has 5 heteroatoms. The van der Waals surface area contributed by atoms with Crippen molar-refractivity contribution in [2.75, 3.05) is 32.8 Å². The Morgan fingerprint density at radius 2 is 1.88 bits per heavy atom. The fourth-order valence-corrected chi connectivity index (χ4v) is 4.76. The normalized spacial score (nSPS) is 28.8. The lowest BCUT2D eigenvalue weighted by Crippen LogP contribution is -2.50. The Kier molecular flexibility index (Phi) is 4.78. The largest absolute Gasteiger partial charge is 0.381 e. The first kappa shape index (κ1) is 17.0. The summed E-state index contributed by atoms with van der Waals surface area (Å²) in [5.41, 5.74) is 0.808. The molecule has 3 heterocycles. The van der Waals surface area contributed by atoms with Crippen LogP contribution in [-0.4, -0.2) is 54.6 Å². The van der Waals surface area contributed by atoms with Crippen molar-refractivity contribution in [1.29, 1.82) is 0 Å². The molecule has 0 N–H and O–H groups in total. The van der Waals surface area contributed by atoms with Crippen LogP contribution < -0.4 is 0 Å². The molecule has 4 nitrogen and oxygen atoms in total. The number of benzene rings is 1. The standard InChI is InChI=1S/C20H27FN2O2/c21-17-4-2-16(3-5-17)14-22-10-1-8-20(19(22)24)9-11-23(15-20)18-6-12-25-13-7-18/h2-5,18H,1,6-15H2/t20-/m1/s1. The maximum Gasteiger partial charge on any atom is 0.230 e. The molecule has 1 aromatic carbocycles. The molecular formula is C20H27FN2O2. The van der Waals surface area contributed by atoms with Crippen molar-refractivity contribution in [2.24, 2.45) is 5.41 Å². The first-order valence-electron chi connectivity index (χ1n) is 9.52. The van der Waals surface area contributed by atoms with Crippen LogP contribution in [0.3, 0.4) is 0 Å². The van der Waals surface area contributed by atoms with E-state index in [1.165, 1.54) is 12.1 Å². The summed E-state index contributed by atoms with van der Waals surface area (Å²) in [6.45, 7) is 5.03. The minimum atomic E-state index is -0.229. The molecule has 1 spiro atoms. The zero-order valence-corrected chi connectivity index (χ0v) is 14.8. The highest BCUT2D eigenvalue weighted by Gasteiger charge is 2.49. The molecule has 3 aliphatic heterocycles. The maximum absolute atomic E-state index is 13.2.